The number of aromatic nitrogens is 2. The van der Waals surface area contributed by atoms with Crippen LogP contribution in [0.1, 0.15) is 10.4 Å². The number of carbonyl (C=O) groups is 1. The summed E-state index contributed by atoms with van der Waals surface area (Å²) in [7, 11) is 0. The lowest BCUT2D eigenvalue weighted by Crippen LogP contribution is -2.25. The first-order valence-corrected chi connectivity index (χ1v) is 6.97. The molecule has 1 aliphatic rings. The average Bonchev–Trinajstić information content (AvgIpc) is 3.04. The lowest BCUT2D eigenvalue weighted by Gasteiger charge is -2.04. The summed E-state index contributed by atoms with van der Waals surface area (Å²) in [6.07, 6.45) is -3.72. The third kappa shape index (κ3) is 2.67. The molecule has 0 saturated carbocycles. The molecule has 10 heteroatoms. The standard InChI is InChI=1S/C15H9F3N4O3/c16-7-3-6(1-2-8(7)19)13(23)22-14-20-9-4-11-12(5-10(9)21-14)25-15(17,18)24-11/h1-5H,19H2,(H2,20,21,22,23). The quantitative estimate of drug-likeness (QED) is 0.617. The molecule has 1 aromatic heterocycles. The number of aromatic amines is 1. The molecule has 2 heterocycles. The number of rotatable bonds is 2. The maximum atomic E-state index is 13.4. The van der Waals surface area contributed by atoms with Crippen molar-refractivity contribution >= 4 is 28.6 Å². The molecule has 0 atom stereocenters. The van der Waals surface area contributed by atoms with Crippen LogP contribution in [0.25, 0.3) is 11.0 Å². The number of fused-ring (bicyclic) bond motifs is 2. The number of amides is 1. The van der Waals surface area contributed by atoms with Crippen molar-refractivity contribution in [2.75, 3.05) is 11.1 Å². The van der Waals surface area contributed by atoms with E-state index in [4.69, 9.17) is 5.73 Å². The molecule has 4 rings (SSSR count). The number of halogens is 3. The molecule has 25 heavy (non-hydrogen) atoms. The zero-order valence-electron chi connectivity index (χ0n) is 12.3. The highest BCUT2D eigenvalue weighted by molar-refractivity contribution is 6.04. The van der Waals surface area contributed by atoms with E-state index in [9.17, 15) is 18.0 Å². The third-order valence-electron chi connectivity index (χ3n) is 3.50. The van der Waals surface area contributed by atoms with Crippen molar-refractivity contribution in [2.45, 2.75) is 6.29 Å². The van der Waals surface area contributed by atoms with Crippen LogP contribution in [-0.4, -0.2) is 22.2 Å². The van der Waals surface area contributed by atoms with Gasteiger partial charge in [-0.25, -0.2) is 9.37 Å². The molecule has 1 aliphatic heterocycles. The molecule has 0 fully saturated rings. The van der Waals surface area contributed by atoms with Crippen molar-refractivity contribution in [3.63, 3.8) is 0 Å². The van der Waals surface area contributed by atoms with Gasteiger partial charge in [-0.15, -0.1) is 8.78 Å². The van der Waals surface area contributed by atoms with Crippen LogP contribution in [0.5, 0.6) is 11.5 Å². The number of H-pyrrole nitrogens is 1. The molecule has 0 aliphatic carbocycles. The highest BCUT2D eigenvalue weighted by Gasteiger charge is 2.43. The number of nitrogen functional groups attached to an aromatic ring is 1. The summed E-state index contributed by atoms with van der Waals surface area (Å²) in [5.41, 5.74) is 5.94. The second-order valence-electron chi connectivity index (χ2n) is 5.26. The first kappa shape index (κ1) is 15.1. The van der Waals surface area contributed by atoms with E-state index in [0.717, 1.165) is 6.07 Å². The number of alkyl halides is 2. The fourth-order valence-corrected chi connectivity index (χ4v) is 2.36. The molecular formula is C15H9F3N4O3. The second kappa shape index (κ2) is 5.03. The Morgan fingerprint density at radius 3 is 2.64 bits per heavy atom. The Hall–Kier alpha value is -3.43. The molecule has 0 spiro atoms. The van der Waals surface area contributed by atoms with Crippen LogP contribution in [-0.2, 0) is 0 Å². The van der Waals surface area contributed by atoms with E-state index in [2.05, 4.69) is 24.8 Å². The lowest BCUT2D eigenvalue weighted by molar-refractivity contribution is -0.286. The van der Waals surface area contributed by atoms with Crippen molar-refractivity contribution in [1.82, 2.24) is 9.97 Å². The zero-order valence-corrected chi connectivity index (χ0v) is 12.3. The van der Waals surface area contributed by atoms with E-state index in [1.807, 2.05) is 0 Å². The van der Waals surface area contributed by atoms with Crippen molar-refractivity contribution in [3.05, 3.63) is 41.7 Å². The van der Waals surface area contributed by atoms with Crippen LogP contribution < -0.4 is 20.5 Å². The van der Waals surface area contributed by atoms with Crippen molar-refractivity contribution in [3.8, 4) is 11.5 Å². The van der Waals surface area contributed by atoms with Gasteiger partial charge in [-0.3, -0.25) is 10.1 Å². The van der Waals surface area contributed by atoms with Gasteiger partial charge in [0, 0.05) is 17.7 Å². The molecular weight excluding hydrogens is 341 g/mol. The second-order valence-corrected chi connectivity index (χ2v) is 5.26. The summed E-state index contributed by atoms with van der Waals surface area (Å²) in [5.74, 6) is -1.61. The molecule has 3 aromatic rings. The van der Waals surface area contributed by atoms with Gasteiger partial charge in [-0.2, -0.15) is 0 Å². The Morgan fingerprint density at radius 2 is 1.92 bits per heavy atom. The third-order valence-corrected chi connectivity index (χ3v) is 3.50. The largest absolute Gasteiger partial charge is 0.586 e. The topological polar surface area (TPSA) is 102 Å². The van der Waals surface area contributed by atoms with Gasteiger partial charge in [0.05, 0.1) is 16.7 Å². The minimum Gasteiger partial charge on any atom is -0.396 e. The highest BCUT2D eigenvalue weighted by atomic mass is 19.3. The fourth-order valence-electron chi connectivity index (χ4n) is 2.36. The number of anilines is 2. The number of imidazole rings is 1. The van der Waals surface area contributed by atoms with Gasteiger partial charge in [0.1, 0.15) is 5.82 Å². The van der Waals surface area contributed by atoms with Crippen LogP contribution >= 0.6 is 0 Å². The van der Waals surface area contributed by atoms with Crippen LogP contribution in [0.2, 0.25) is 0 Å². The monoisotopic (exact) mass is 350 g/mol. The maximum absolute atomic E-state index is 13.4. The predicted molar refractivity (Wildman–Crippen MR) is 81.1 cm³/mol. The van der Waals surface area contributed by atoms with Crippen LogP contribution in [0.4, 0.5) is 24.8 Å². The Bertz CT molecular complexity index is 974. The number of carbonyl (C=O) groups excluding carboxylic acids is 1. The molecule has 4 N–H and O–H groups in total. The van der Waals surface area contributed by atoms with Crippen molar-refractivity contribution in [1.29, 1.82) is 0 Å². The summed E-state index contributed by atoms with van der Waals surface area (Å²) >= 11 is 0. The maximum Gasteiger partial charge on any atom is 0.586 e. The van der Waals surface area contributed by atoms with Gasteiger partial charge in [0.25, 0.3) is 5.91 Å². The Morgan fingerprint density at radius 1 is 1.20 bits per heavy atom. The Balaban J connectivity index is 1.60. The van der Waals surface area contributed by atoms with E-state index < -0.39 is 18.0 Å². The number of hydrogen-bond donors (Lipinski definition) is 3. The predicted octanol–water partition coefficient (Wildman–Crippen LogP) is 2.86. The highest BCUT2D eigenvalue weighted by Crippen LogP contribution is 2.42. The van der Waals surface area contributed by atoms with Gasteiger partial charge in [-0.05, 0) is 18.2 Å². The summed E-state index contributed by atoms with van der Waals surface area (Å²) in [6.45, 7) is 0. The van der Waals surface area contributed by atoms with E-state index in [1.54, 1.807) is 0 Å². The number of nitrogens with one attached hydrogen (secondary N) is 2. The van der Waals surface area contributed by atoms with Gasteiger partial charge in [-0.1, -0.05) is 0 Å². The minimum atomic E-state index is -3.72. The van der Waals surface area contributed by atoms with Crippen LogP contribution in [0.15, 0.2) is 30.3 Å². The van der Waals surface area contributed by atoms with Gasteiger partial charge < -0.3 is 20.2 Å². The van der Waals surface area contributed by atoms with Gasteiger partial charge >= 0.3 is 6.29 Å². The summed E-state index contributed by atoms with van der Waals surface area (Å²) in [5, 5.41) is 2.44. The molecule has 0 radical (unpaired) electrons. The van der Waals surface area contributed by atoms with Crippen LogP contribution in [0, 0.1) is 5.82 Å². The lowest BCUT2D eigenvalue weighted by atomic mass is 10.2. The summed E-state index contributed by atoms with van der Waals surface area (Å²) in [4.78, 5) is 18.9. The molecule has 7 nitrogen and oxygen atoms in total. The molecule has 0 bridgehead atoms. The average molecular weight is 350 g/mol. The molecule has 128 valence electrons. The van der Waals surface area contributed by atoms with Crippen molar-refractivity contribution in [2.24, 2.45) is 0 Å². The zero-order chi connectivity index (χ0) is 17.8. The Labute approximate surface area is 137 Å². The molecule has 1 amide bonds. The van der Waals surface area contributed by atoms with Crippen LogP contribution in [0.3, 0.4) is 0 Å². The molecule has 0 saturated heterocycles. The van der Waals surface area contributed by atoms with E-state index in [1.165, 1.54) is 24.3 Å². The summed E-state index contributed by atoms with van der Waals surface area (Å²) in [6, 6.07) is 6.14. The number of benzene rings is 2. The smallest absolute Gasteiger partial charge is 0.396 e. The molecule has 0 unspecified atom stereocenters. The normalized spacial score (nSPS) is 14.7. The minimum absolute atomic E-state index is 0.0426. The summed E-state index contributed by atoms with van der Waals surface area (Å²) < 4.78 is 48.1. The van der Waals surface area contributed by atoms with E-state index in [0.29, 0.717) is 5.52 Å². The molecule has 2 aromatic carbocycles. The van der Waals surface area contributed by atoms with Gasteiger partial charge in [0.2, 0.25) is 5.95 Å². The van der Waals surface area contributed by atoms with Crippen molar-refractivity contribution < 1.29 is 27.4 Å². The first-order valence-electron chi connectivity index (χ1n) is 6.97. The first-order chi connectivity index (χ1) is 11.8. The number of ether oxygens (including phenoxy) is 2. The number of nitrogens with zero attached hydrogens (tertiary/aromatic N) is 1. The number of nitrogens with two attached hydrogens (primary N) is 1. The van der Waals surface area contributed by atoms with Gasteiger partial charge in [0.15, 0.2) is 11.5 Å². The van der Waals surface area contributed by atoms with E-state index >= 15 is 0 Å². The number of hydrogen-bond acceptors (Lipinski definition) is 5. The fraction of sp³-hybridized carbons (Fsp3) is 0.0667. The Kier molecular flexibility index (Phi) is 3.04. The van der Waals surface area contributed by atoms with E-state index in [-0.39, 0.29) is 34.2 Å². The SMILES string of the molecule is Nc1ccc(C(=O)Nc2nc3cc4c(cc3[nH]2)OC(F)(F)O4)cc1F.